The van der Waals surface area contributed by atoms with Gasteiger partial charge in [-0.05, 0) is 46.1 Å². The summed E-state index contributed by atoms with van der Waals surface area (Å²) in [5.41, 5.74) is 0. The molecule has 2 rings (SSSR count). The van der Waals surface area contributed by atoms with Gasteiger partial charge in [-0.25, -0.2) is 0 Å². The molecule has 2 aromatic heterocycles. The van der Waals surface area contributed by atoms with Crippen LogP contribution in [0.25, 0.3) is 0 Å². The summed E-state index contributed by atoms with van der Waals surface area (Å²) in [7, 11) is 0. The van der Waals surface area contributed by atoms with Gasteiger partial charge in [0.15, 0.2) is 0 Å². The van der Waals surface area contributed by atoms with Crippen molar-refractivity contribution in [2.75, 3.05) is 6.54 Å². The van der Waals surface area contributed by atoms with E-state index in [2.05, 4.69) is 40.3 Å². The predicted molar refractivity (Wildman–Crippen MR) is 81.5 cm³/mol. The number of halogens is 2. The average molecular weight is 351 g/mol. The highest BCUT2D eigenvalue weighted by molar-refractivity contribution is 9.11. The Morgan fingerprint density at radius 1 is 1.41 bits per heavy atom. The van der Waals surface area contributed by atoms with E-state index in [1.807, 2.05) is 11.4 Å². The van der Waals surface area contributed by atoms with Gasteiger partial charge in [0, 0.05) is 22.2 Å². The largest absolute Gasteiger partial charge is 0.309 e. The van der Waals surface area contributed by atoms with Gasteiger partial charge in [0.05, 0.1) is 8.81 Å². The Kier molecular flexibility index (Phi) is 5.06. The highest BCUT2D eigenvalue weighted by Crippen LogP contribution is 2.33. The molecule has 1 N–H and O–H groups in total. The van der Waals surface area contributed by atoms with E-state index in [0.717, 1.165) is 18.0 Å². The van der Waals surface area contributed by atoms with Crippen molar-refractivity contribution in [3.05, 3.63) is 42.1 Å². The van der Waals surface area contributed by atoms with E-state index < -0.39 is 0 Å². The molecule has 0 aliphatic carbocycles. The number of thiophene rings is 2. The van der Waals surface area contributed by atoms with Crippen LogP contribution in [0.4, 0.5) is 0 Å². The molecule has 1 atom stereocenters. The standard InChI is InChI=1S/C12H13BrClNS2/c1-2-15-10(12-9(14)5-6-16-12)7-8-3-4-11(13)17-8/h3-6,10,15H,2,7H2,1H3. The van der Waals surface area contributed by atoms with E-state index in [9.17, 15) is 0 Å². The molecule has 2 aromatic rings. The third-order valence-corrected chi connectivity index (χ3v) is 5.56. The highest BCUT2D eigenvalue weighted by Gasteiger charge is 2.16. The molecule has 0 amide bonds. The summed E-state index contributed by atoms with van der Waals surface area (Å²) in [6.45, 7) is 3.07. The molecule has 92 valence electrons. The monoisotopic (exact) mass is 349 g/mol. The topological polar surface area (TPSA) is 12.0 Å². The van der Waals surface area contributed by atoms with Gasteiger partial charge in [0.2, 0.25) is 0 Å². The second-order valence-corrected chi connectivity index (χ2v) is 7.56. The van der Waals surface area contributed by atoms with Crippen molar-refractivity contribution in [3.63, 3.8) is 0 Å². The van der Waals surface area contributed by atoms with E-state index in [4.69, 9.17) is 11.6 Å². The predicted octanol–water partition coefficient (Wildman–Crippen LogP) is 5.12. The molecule has 0 spiro atoms. The molecule has 5 heteroatoms. The third kappa shape index (κ3) is 3.55. The van der Waals surface area contributed by atoms with Gasteiger partial charge < -0.3 is 5.32 Å². The Bertz CT molecular complexity index is 480. The maximum atomic E-state index is 6.21. The molecule has 0 saturated heterocycles. The van der Waals surface area contributed by atoms with Gasteiger partial charge in [-0.15, -0.1) is 22.7 Å². The Labute approximate surface area is 123 Å². The van der Waals surface area contributed by atoms with E-state index in [0.29, 0.717) is 6.04 Å². The van der Waals surface area contributed by atoms with Gasteiger partial charge >= 0.3 is 0 Å². The summed E-state index contributed by atoms with van der Waals surface area (Å²) in [5, 5.41) is 6.42. The van der Waals surface area contributed by atoms with Crippen LogP contribution in [0.1, 0.15) is 22.7 Å². The van der Waals surface area contributed by atoms with E-state index in [1.54, 1.807) is 22.7 Å². The molecule has 2 heterocycles. The number of nitrogens with one attached hydrogen (secondary N) is 1. The second kappa shape index (κ2) is 6.34. The van der Waals surface area contributed by atoms with Crippen LogP contribution in [-0.4, -0.2) is 6.54 Å². The van der Waals surface area contributed by atoms with Gasteiger partial charge in [0.1, 0.15) is 0 Å². The number of hydrogen-bond donors (Lipinski definition) is 1. The van der Waals surface area contributed by atoms with Crippen molar-refractivity contribution in [1.29, 1.82) is 0 Å². The van der Waals surface area contributed by atoms with Crippen molar-refractivity contribution in [2.24, 2.45) is 0 Å². The lowest BCUT2D eigenvalue weighted by atomic mass is 10.1. The second-order valence-electron chi connectivity index (χ2n) is 3.65. The fourth-order valence-corrected chi connectivity index (χ4v) is 4.51. The smallest absolute Gasteiger partial charge is 0.0701 e. The lowest BCUT2D eigenvalue weighted by Gasteiger charge is -2.16. The van der Waals surface area contributed by atoms with Crippen molar-refractivity contribution in [3.8, 4) is 0 Å². The van der Waals surface area contributed by atoms with Crippen LogP contribution in [0, 0.1) is 0 Å². The van der Waals surface area contributed by atoms with Crippen LogP contribution in [0.2, 0.25) is 5.02 Å². The van der Waals surface area contributed by atoms with Crippen molar-refractivity contribution >= 4 is 50.2 Å². The van der Waals surface area contributed by atoms with E-state index in [1.165, 1.54) is 13.5 Å². The maximum Gasteiger partial charge on any atom is 0.0701 e. The van der Waals surface area contributed by atoms with Crippen LogP contribution in [-0.2, 0) is 6.42 Å². The van der Waals surface area contributed by atoms with Crippen LogP contribution in [0.15, 0.2) is 27.4 Å². The highest BCUT2D eigenvalue weighted by atomic mass is 79.9. The van der Waals surface area contributed by atoms with Gasteiger partial charge in [0.25, 0.3) is 0 Å². The Morgan fingerprint density at radius 3 is 2.76 bits per heavy atom. The maximum absolute atomic E-state index is 6.21. The lowest BCUT2D eigenvalue weighted by Crippen LogP contribution is -2.21. The molecule has 0 saturated carbocycles. The zero-order chi connectivity index (χ0) is 12.3. The lowest BCUT2D eigenvalue weighted by molar-refractivity contribution is 0.562. The summed E-state index contributed by atoms with van der Waals surface area (Å²) in [4.78, 5) is 2.60. The van der Waals surface area contributed by atoms with Crippen molar-refractivity contribution < 1.29 is 0 Å². The summed E-state index contributed by atoms with van der Waals surface area (Å²) in [6, 6.07) is 6.55. The molecule has 0 bridgehead atoms. The fourth-order valence-electron chi connectivity index (χ4n) is 1.72. The van der Waals surface area contributed by atoms with Gasteiger partial charge in [-0.1, -0.05) is 18.5 Å². The molecule has 1 nitrogen and oxygen atoms in total. The first kappa shape index (κ1) is 13.6. The SMILES string of the molecule is CCNC(Cc1ccc(Br)s1)c1sccc1Cl. The quantitative estimate of drug-likeness (QED) is 0.789. The molecule has 0 fully saturated rings. The molecule has 0 aliphatic heterocycles. The fraction of sp³-hybridized carbons (Fsp3) is 0.333. The van der Waals surface area contributed by atoms with Crippen molar-refractivity contribution in [2.45, 2.75) is 19.4 Å². The van der Waals surface area contributed by atoms with Crippen molar-refractivity contribution in [1.82, 2.24) is 5.32 Å². The molecule has 0 aliphatic rings. The summed E-state index contributed by atoms with van der Waals surface area (Å²) in [6.07, 6.45) is 0.990. The number of hydrogen-bond acceptors (Lipinski definition) is 3. The van der Waals surface area contributed by atoms with E-state index >= 15 is 0 Å². The first-order valence-corrected chi connectivity index (χ1v) is 8.28. The normalized spacial score (nSPS) is 12.9. The first-order valence-electron chi connectivity index (χ1n) is 5.41. The molecule has 1 unspecified atom stereocenters. The average Bonchev–Trinajstić information content (AvgIpc) is 2.87. The Balaban J connectivity index is 2.15. The minimum absolute atomic E-state index is 0.318. The molecule has 0 radical (unpaired) electrons. The van der Waals surface area contributed by atoms with Crippen LogP contribution in [0.3, 0.4) is 0 Å². The molecule has 17 heavy (non-hydrogen) atoms. The zero-order valence-corrected chi connectivity index (χ0v) is 13.3. The van der Waals surface area contributed by atoms with Gasteiger partial charge in [-0.3, -0.25) is 0 Å². The Morgan fingerprint density at radius 2 is 2.24 bits per heavy atom. The summed E-state index contributed by atoms with van der Waals surface area (Å²) >= 11 is 13.2. The molecular formula is C12H13BrClNS2. The minimum Gasteiger partial charge on any atom is -0.309 e. The molecule has 0 aromatic carbocycles. The third-order valence-electron chi connectivity index (χ3n) is 2.45. The minimum atomic E-state index is 0.318. The Hall–Kier alpha value is 0.130. The summed E-state index contributed by atoms with van der Waals surface area (Å²) < 4.78 is 1.18. The van der Waals surface area contributed by atoms with Crippen LogP contribution < -0.4 is 5.32 Å². The van der Waals surface area contributed by atoms with Crippen LogP contribution >= 0.6 is 50.2 Å². The first-order chi connectivity index (χ1) is 8.20. The van der Waals surface area contributed by atoms with Gasteiger partial charge in [-0.2, -0.15) is 0 Å². The summed E-state index contributed by atoms with van der Waals surface area (Å²) in [5.74, 6) is 0. The molecular weight excluding hydrogens is 338 g/mol. The number of likely N-dealkylation sites (N-methyl/N-ethyl adjacent to an activating group) is 1. The number of rotatable bonds is 5. The van der Waals surface area contributed by atoms with Crippen LogP contribution in [0.5, 0.6) is 0 Å². The zero-order valence-electron chi connectivity index (χ0n) is 9.37. The van der Waals surface area contributed by atoms with E-state index in [-0.39, 0.29) is 0 Å².